The SMILES string of the molecule is O=CN1CCN(C(=O)C2CC2C(=O)N2CCN(c3ccccc3F)CC2)CC1. The van der Waals surface area contributed by atoms with E-state index in [1.165, 1.54) is 6.07 Å². The summed E-state index contributed by atoms with van der Waals surface area (Å²) in [4.78, 5) is 43.4. The summed E-state index contributed by atoms with van der Waals surface area (Å²) in [6.45, 7) is 4.45. The molecule has 2 aliphatic heterocycles. The van der Waals surface area contributed by atoms with Crippen LogP contribution < -0.4 is 4.90 Å². The van der Waals surface area contributed by atoms with E-state index in [0.717, 1.165) is 6.41 Å². The Kier molecular flexibility index (Phi) is 5.19. The third kappa shape index (κ3) is 3.68. The lowest BCUT2D eigenvalue weighted by Gasteiger charge is -2.36. The third-order valence-corrected chi connectivity index (χ3v) is 5.98. The molecule has 0 N–H and O–H groups in total. The fraction of sp³-hybridized carbons (Fsp3) is 0.550. The molecule has 1 aromatic rings. The summed E-state index contributed by atoms with van der Waals surface area (Å²) in [7, 11) is 0. The number of halogens is 1. The number of hydrogen-bond acceptors (Lipinski definition) is 4. The topological polar surface area (TPSA) is 64.2 Å². The van der Waals surface area contributed by atoms with Crippen molar-refractivity contribution in [3.05, 3.63) is 30.1 Å². The van der Waals surface area contributed by atoms with Gasteiger partial charge in [-0.2, -0.15) is 0 Å². The molecule has 0 bridgehead atoms. The highest BCUT2D eigenvalue weighted by molar-refractivity contribution is 5.92. The lowest BCUT2D eigenvalue weighted by Crippen LogP contribution is -2.50. The molecular formula is C20H25FN4O3. The van der Waals surface area contributed by atoms with Crippen LogP contribution in [0.5, 0.6) is 0 Å². The molecule has 0 radical (unpaired) electrons. The van der Waals surface area contributed by atoms with Crippen LogP contribution in [0.3, 0.4) is 0 Å². The van der Waals surface area contributed by atoms with E-state index in [0.29, 0.717) is 64.5 Å². The molecule has 2 saturated heterocycles. The molecular weight excluding hydrogens is 363 g/mol. The quantitative estimate of drug-likeness (QED) is 0.701. The van der Waals surface area contributed by atoms with Gasteiger partial charge in [-0.05, 0) is 18.6 Å². The van der Waals surface area contributed by atoms with Crippen molar-refractivity contribution in [2.45, 2.75) is 6.42 Å². The highest BCUT2D eigenvalue weighted by Gasteiger charge is 2.51. The number of rotatable bonds is 4. The van der Waals surface area contributed by atoms with Crippen molar-refractivity contribution in [3.63, 3.8) is 0 Å². The van der Waals surface area contributed by atoms with Gasteiger partial charge >= 0.3 is 0 Å². The molecule has 150 valence electrons. The van der Waals surface area contributed by atoms with E-state index in [1.54, 1.807) is 26.8 Å². The zero-order valence-electron chi connectivity index (χ0n) is 15.8. The van der Waals surface area contributed by atoms with Gasteiger partial charge in [0.2, 0.25) is 18.2 Å². The van der Waals surface area contributed by atoms with Gasteiger partial charge in [0.15, 0.2) is 0 Å². The van der Waals surface area contributed by atoms with Crippen molar-refractivity contribution >= 4 is 23.9 Å². The lowest BCUT2D eigenvalue weighted by molar-refractivity contribution is -0.139. The molecule has 1 saturated carbocycles. The third-order valence-electron chi connectivity index (χ3n) is 5.98. The normalized spacial score (nSPS) is 24.9. The van der Waals surface area contributed by atoms with Crippen LogP contribution in [0.25, 0.3) is 0 Å². The predicted octanol–water partition coefficient (Wildman–Crippen LogP) is 0.411. The van der Waals surface area contributed by atoms with Gasteiger partial charge in [-0.1, -0.05) is 12.1 Å². The van der Waals surface area contributed by atoms with Gasteiger partial charge in [-0.15, -0.1) is 0 Å². The second-order valence-corrected chi connectivity index (χ2v) is 7.68. The van der Waals surface area contributed by atoms with Crippen molar-refractivity contribution < 1.29 is 18.8 Å². The molecule has 3 fully saturated rings. The molecule has 2 unspecified atom stereocenters. The maximum absolute atomic E-state index is 13.9. The molecule has 8 heteroatoms. The number of para-hydroxylation sites is 1. The van der Waals surface area contributed by atoms with Crippen LogP contribution in [0, 0.1) is 17.7 Å². The van der Waals surface area contributed by atoms with E-state index < -0.39 is 0 Å². The molecule has 0 aromatic heterocycles. The first-order valence-electron chi connectivity index (χ1n) is 9.85. The Balaban J connectivity index is 1.27. The average molecular weight is 388 g/mol. The van der Waals surface area contributed by atoms with E-state index >= 15 is 0 Å². The fourth-order valence-corrected chi connectivity index (χ4v) is 4.13. The van der Waals surface area contributed by atoms with Gasteiger partial charge in [-0.3, -0.25) is 14.4 Å². The van der Waals surface area contributed by atoms with E-state index in [2.05, 4.69) is 0 Å². The van der Waals surface area contributed by atoms with Crippen LogP contribution in [-0.2, 0) is 14.4 Å². The Morgan fingerprint density at radius 2 is 1.39 bits per heavy atom. The number of hydrogen-bond donors (Lipinski definition) is 0. The summed E-state index contributed by atoms with van der Waals surface area (Å²) < 4.78 is 13.9. The first kappa shape index (κ1) is 18.7. The molecule has 7 nitrogen and oxygen atoms in total. The summed E-state index contributed by atoms with van der Waals surface area (Å²) >= 11 is 0. The van der Waals surface area contributed by atoms with E-state index in [-0.39, 0.29) is 29.5 Å². The van der Waals surface area contributed by atoms with Gasteiger partial charge in [0, 0.05) is 52.4 Å². The molecule has 2 atom stereocenters. The zero-order chi connectivity index (χ0) is 19.7. The number of carbonyl (C=O) groups excluding carboxylic acids is 3. The highest BCUT2D eigenvalue weighted by Crippen LogP contribution is 2.41. The van der Waals surface area contributed by atoms with Crippen LogP contribution >= 0.6 is 0 Å². The number of nitrogens with zero attached hydrogens (tertiary/aromatic N) is 4. The van der Waals surface area contributed by atoms with Gasteiger partial charge in [0.25, 0.3) is 0 Å². The van der Waals surface area contributed by atoms with Crippen molar-refractivity contribution in [2.75, 3.05) is 57.3 Å². The minimum Gasteiger partial charge on any atom is -0.366 e. The lowest BCUT2D eigenvalue weighted by atomic mass is 10.2. The number of carbonyl (C=O) groups is 3. The first-order chi connectivity index (χ1) is 13.6. The Morgan fingerprint density at radius 1 is 0.857 bits per heavy atom. The summed E-state index contributed by atoms with van der Waals surface area (Å²) in [6.07, 6.45) is 1.42. The van der Waals surface area contributed by atoms with Gasteiger partial charge < -0.3 is 19.6 Å². The summed E-state index contributed by atoms with van der Waals surface area (Å²) in [5.74, 6) is -0.617. The Morgan fingerprint density at radius 3 is 1.93 bits per heavy atom. The highest BCUT2D eigenvalue weighted by atomic mass is 19.1. The Hall–Kier alpha value is -2.64. The number of amides is 3. The Labute approximate surface area is 163 Å². The number of piperazine rings is 2. The molecule has 1 aliphatic carbocycles. The summed E-state index contributed by atoms with van der Waals surface area (Å²) in [5.41, 5.74) is 0.573. The smallest absolute Gasteiger partial charge is 0.226 e. The van der Waals surface area contributed by atoms with Crippen LogP contribution in [0.2, 0.25) is 0 Å². The maximum atomic E-state index is 13.9. The summed E-state index contributed by atoms with van der Waals surface area (Å²) in [5, 5.41) is 0. The monoisotopic (exact) mass is 388 g/mol. The zero-order valence-corrected chi connectivity index (χ0v) is 15.8. The van der Waals surface area contributed by atoms with Gasteiger partial charge in [-0.25, -0.2) is 4.39 Å². The van der Waals surface area contributed by atoms with Crippen LogP contribution in [-0.4, -0.2) is 85.3 Å². The largest absolute Gasteiger partial charge is 0.366 e. The van der Waals surface area contributed by atoms with Gasteiger partial charge in [0.1, 0.15) is 5.82 Å². The predicted molar refractivity (Wildman–Crippen MR) is 101 cm³/mol. The van der Waals surface area contributed by atoms with Crippen LogP contribution in [0.4, 0.5) is 10.1 Å². The fourth-order valence-electron chi connectivity index (χ4n) is 4.13. The molecule has 3 amide bonds. The second-order valence-electron chi connectivity index (χ2n) is 7.68. The molecule has 28 heavy (non-hydrogen) atoms. The van der Waals surface area contributed by atoms with Crippen LogP contribution in [0.1, 0.15) is 6.42 Å². The van der Waals surface area contributed by atoms with Crippen molar-refractivity contribution in [1.29, 1.82) is 0 Å². The molecule has 2 heterocycles. The van der Waals surface area contributed by atoms with Crippen LogP contribution in [0.15, 0.2) is 24.3 Å². The van der Waals surface area contributed by atoms with E-state index in [1.807, 2.05) is 11.0 Å². The second kappa shape index (κ2) is 7.77. The minimum atomic E-state index is -0.246. The summed E-state index contributed by atoms with van der Waals surface area (Å²) in [6, 6.07) is 6.68. The molecule has 4 rings (SSSR count). The number of anilines is 1. The molecule has 0 spiro atoms. The minimum absolute atomic E-state index is 0.0360. The molecule has 1 aromatic carbocycles. The van der Waals surface area contributed by atoms with Gasteiger partial charge in [0.05, 0.1) is 17.5 Å². The number of benzene rings is 1. The van der Waals surface area contributed by atoms with Crippen molar-refractivity contribution in [1.82, 2.24) is 14.7 Å². The van der Waals surface area contributed by atoms with E-state index in [9.17, 15) is 18.8 Å². The molecule has 3 aliphatic rings. The Bertz CT molecular complexity index is 758. The van der Waals surface area contributed by atoms with Crippen molar-refractivity contribution in [3.8, 4) is 0 Å². The van der Waals surface area contributed by atoms with Crippen molar-refractivity contribution in [2.24, 2.45) is 11.8 Å². The standard InChI is InChI=1S/C20H25FN4O3/c21-17-3-1-2-4-18(17)23-9-11-25(12-10-23)20(28)16-13-15(16)19(27)24-7-5-22(14-26)6-8-24/h1-4,14-16H,5-13H2. The van der Waals surface area contributed by atoms with E-state index in [4.69, 9.17) is 0 Å². The maximum Gasteiger partial charge on any atom is 0.226 e. The first-order valence-corrected chi connectivity index (χ1v) is 9.85. The average Bonchev–Trinajstić information content (AvgIpc) is 3.54.